The van der Waals surface area contributed by atoms with E-state index >= 15 is 0 Å². The lowest BCUT2D eigenvalue weighted by Crippen LogP contribution is -2.30. The number of phosphoric ester groups is 2. The van der Waals surface area contributed by atoms with Crippen LogP contribution in [0.3, 0.4) is 0 Å². The summed E-state index contributed by atoms with van der Waals surface area (Å²) >= 11 is 0. The highest BCUT2D eigenvalue weighted by atomic mass is 31.2. The van der Waals surface area contributed by atoms with Crippen LogP contribution in [-0.4, -0.2) is 96.7 Å². The van der Waals surface area contributed by atoms with E-state index in [1.807, 2.05) is 0 Å². The van der Waals surface area contributed by atoms with Crippen molar-refractivity contribution in [1.82, 2.24) is 0 Å². The van der Waals surface area contributed by atoms with E-state index in [0.29, 0.717) is 31.6 Å². The molecule has 19 heteroatoms. The molecule has 0 fully saturated rings. The highest BCUT2D eigenvalue weighted by Gasteiger charge is 2.30. The molecule has 17 nitrogen and oxygen atoms in total. The summed E-state index contributed by atoms with van der Waals surface area (Å²) in [7, 11) is -9.89. The first kappa shape index (κ1) is 81.1. The van der Waals surface area contributed by atoms with E-state index in [1.165, 1.54) is 96.3 Å². The molecule has 0 radical (unpaired) electrons. The van der Waals surface area contributed by atoms with Gasteiger partial charge in [0.25, 0.3) is 0 Å². The van der Waals surface area contributed by atoms with Crippen molar-refractivity contribution in [3.8, 4) is 0 Å². The normalized spacial score (nSPS) is 15.1. The van der Waals surface area contributed by atoms with E-state index in [2.05, 4.69) is 55.4 Å². The van der Waals surface area contributed by atoms with Gasteiger partial charge in [0.1, 0.15) is 19.3 Å². The molecule has 492 valence electrons. The fourth-order valence-electron chi connectivity index (χ4n) is 9.36. The Kier molecular flexibility index (Phi) is 53.0. The second kappa shape index (κ2) is 54.2. The van der Waals surface area contributed by atoms with Crippen molar-refractivity contribution in [2.24, 2.45) is 23.7 Å². The SMILES string of the molecule is CCC(C)CCCCCCCCC(=O)OC[C@H](COP(=O)(O)OC[C@H](O)COP(=O)(O)OC[C@@H](COC(=O)CCCCCCCCC(C)C)OC(=O)CCCCCCCCC(C)CC)OC(=O)CCCCCCCCCCCCCC(C)C. The molecule has 0 spiro atoms. The second-order valence-electron chi connectivity index (χ2n) is 24.6. The Morgan fingerprint density at radius 3 is 0.855 bits per heavy atom. The van der Waals surface area contributed by atoms with Gasteiger partial charge in [-0.1, -0.05) is 254 Å². The van der Waals surface area contributed by atoms with Crippen molar-refractivity contribution < 1.29 is 80.2 Å². The van der Waals surface area contributed by atoms with Gasteiger partial charge in [-0.2, -0.15) is 0 Å². The monoisotopic (exact) mass is 1230 g/mol. The van der Waals surface area contributed by atoms with Crippen LogP contribution in [0.15, 0.2) is 0 Å². The van der Waals surface area contributed by atoms with Gasteiger partial charge < -0.3 is 33.8 Å². The second-order valence-corrected chi connectivity index (χ2v) is 27.5. The fraction of sp³-hybridized carbons (Fsp3) is 0.938. The van der Waals surface area contributed by atoms with E-state index in [0.717, 1.165) is 120 Å². The Morgan fingerprint density at radius 2 is 0.578 bits per heavy atom. The average Bonchev–Trinajstić information content (AvgIpc) is 3.45. The summed E-state index contributed by atoms with van der Waals surface area (Å²) < 4.78 is 68.0. The number of unbranched alkanes of at least 4 members (excludes halogenated alkanes) is 25. The Morgan fingerprint density at radius 1 is 0.337 bits per heavy atom. The minimum Gasteiger partial charge on any atom is -0.462 e. The Balaban J connectivity index is 5.25. The number of carbonyl (C=O) groups excluding carboxylic acids is 4. The van der Waals surface area contributed by atoms with Gasteiger partial charge in [0.15, 0.2) is 12.2 Å². The molecule has 0 aromatic rings. The summed E-state index contributed by atoms with van der Waals surface area (Å²) in [4.78, 5) is 72.2. The van der Waals surface area contributed by atoms with Gasteiger partial charge in [0.2, 0.25) is 0 Å². The van der Waals surface area contributed by atoms with Crippen LogP contribution in [0.25, 0.3) is 0 Å². The molecule has 0 aromatic heterocycles. The lowest BCUT2D eigenvalue weighted by Gasteiger charge is -2.21. The minimum atomic E-state index is -4.95. The molecular weight excluding hydrogens is 1100 g/mol. The molecule has 0 aromatic carbocycles. The molecule has 0 saturated carbocycles. The number of rotatable bonds is 61. The molecule has 0 aliphatic heterocycles. The van der Waals surface area contributed by atoms with Gasteiger partial charge in [0, 0.05) is 25.7 Å². The summed E-state index contributed by atoms with van der Waals surface area (Å²) in [6.45, 7) is 13.9. The van der Waals surface area contributed by atoms with Gasteiger partial charge in [-0.25, -0.2) is 9.13 Å². The van der Waals surface area contributed by atoms with Crippen LogP contribution in [-0.2, 0) is 65.4 Å². The molecule has 7 atom stereocenters. The standard InChI is InChI=1S/C64H124O17P2/c1-9-56(7)42-34-26-19-22-29-37-45-62(67)75-50-59(80-63(68)46-38-30-17-15-13-11-12-14-16-24-32-40-54(3)4)52-78-82(70,71)76-48-58(65)49-77-83(72,73)79-53-60(51-74-61(66)44-36-28-21-18-25-33-41-55(5)6)81-64(69)47-39-31-23-20-27-35-43-57(8)10-2/h54-60,65H,9-53H2,1-8H3,(H,70,71)(H,72,73)/t56?,57?,58-,59+,60+/m0/s1. The van der Waals surface area contributed by atoms with Gasteiger partial charge in [-0.3, -0.25) is 37.3 Å². The molecule has 4 unspecified atom stereocenters. The first-order valence-corrected chi connectivity index (χ1v) is 36.3. The van der Waals surface area contributed by atoms with E-state index in [9.17, 15) is 43.2 Å². The van der Waals surface area contributed by atoms with Gasteiger partial charge in [-0.15, -0.1) is 0 Å². The lowest BCUT2D eigenvalue weighted by atomic mass is 10.00. The summed E-state index contributed by atoms with van der Waals surface area (Å²) in [5.41, 5.74) is 0. The number of phosphoric acid groups is 2. The number of ether oxygens (including phenoxy) is 4. The average molecular weight is 1230 g/mol. The topological polar surface area (TPSA) is 237 Å². The first-order chi connectivity index (χ1) is 39.7. The van der Waals surface area contributed by atoms with Gasteiger partial charge in [0.05, 0.1) is 26.4 Å². The fourth-order valence-corrected chi connectivity index (χ4v) is 10.9. The summed E-state index contributed by atoms with van der Waals surface area (Å²) in [6.07, 6.45) is 33.7. The highest BCUT2D eigenvalue weighted by molar-refractivity contribution is 7.47. The van der Waals surface area contributed by atoms with Crippen LogP contribution in [0.1, 0.15) is 306 Å². The van der Waals surface area contributed by atoms with Crippen molar-refractivity contribution in [3.63, 3.8) is 0 Å². The number of hydrogen-bond donors (Lipinski definition) is 3. The third-order valence-electron chi connectivity index (χ3n) is 15.3. The molecule has 0 aliphatic carbocycles. The van der Waals surface area contributed by atoms with Crippen molar-refractivity contribution >= 4 is 39.5 Å². The largest absolute Gasteiger partial charge is 0.472 e. The van der Waals surface area contributed by atoms with Crippen molar-refractivity contribution in [1.29, 1.82) is 0 Å². The quantitative estimate of drug-likeness (QED) is 0.0222. The molecule has 0 aliphatic rings. The Bertz CT molecular complexity index is 1670. The minimum absolute atomic E-state index is 0.101. The maximum absolute atomic E-state index is 13.0. The molecule has 3 N–H and O–H groups in total. The van der Waals surface area contributed by atoms with Crippen LogP contribution in [0.2, 0.25) is 0 Å². The zero-order valence-corrected chi connectivity index (χ0v) is 55.6. The zero-order chi connectivity index (χ0) is 61.8. The van der Waals surface area contributed by atoms with E-state index < -0.39 is 97.5 Å². The molecule has 0 heterocycles. The first-order valence-electron chi connectivity index (χ1n) is 33.3. The van der Waals surface area contributed by atoms with Crippen LogP contribution in [0.4, 0.5) is 0 Å². The number of aliphatic hydroxyl groups excluding tert-OH is 1. The number of esters is 4. The molecular formula is C64H124O17P2. The lowest BCUT2D eigenvalue weighted by molar-refractivity contribution is -0.161. The molecule has 0 bridgehead atoms. The molecule has 0 rings (SSSR count). The number of hydrogen-bond acceptors (Lipinski definition) is 15. The van der Waals surface area contributed by atoms with Gasteiger partial charge in [-0.05, 0) is 49.4 Å². The number of aliphatic hydroxyl groups is 1. The van der Waals surface area contributed by atoms with Crippen LogP contribution < -0.4 is 0 Å². The van der Waals surface area contributed by atoms with Crippen molar-refractivity contribution in [3.05, 3.63) is 0 Å². The molecule has 0 amide bonds. The van der Waals surface area contributed by atoms with E-state index in [1.54, 1.807) is 0 Å². The Labute approximate surface area is 505 Å². The maximum Gasteiger partial charge on any atom is 0.472 e. The third-order valence-corrected chi connectivity index (χ3v) is 17.2. The Hall–Kier alpha value is -1.94. The summed E-state index contributed by atoms with van der Waals surface area (Å²) in [5.74, 6) is 0.753. The summed E-state index contributed by atoms with van der Waals surface area (Å²) in [6, 6.07) is 0. The van der Waals surface area contributed by atoms with Crippen molar-refractivity contribution in [2.45, 2.75) is 324 Å². The summed E-state index contributed by atoms with van der Waals surface area (Å²) in [5, 5.41) is 10.5. The third kappa shape index (κ3) is 56.3. The van der Waals surface area contributed by atoms with Crippen molar-refractivity contribution in [2.75, 3.05) is 39.6 Å². The predicted molar refractivity (Wildman–Crippen MR) is 331 cm³/mol. The van der Waals surface area contributed by atoms with Crippen LogP contribution >= 0.6 is 15.6 Å². The maximum atomic E-state index is 13.0. The van der Waals surface area contributed by atoms with Crippen LogP contribution in [0.5, 0.6) is 0 Å². The number of carbonyl (C=O) groups is 4. The van der Waals surface area contributed by atoms with Gasteiger partial charge >= 0.3 is 39.5 Å². The highest BCUT2D eigenvalue weighted by Crippen LogP contribution is 2.45. The molecule has 0 saturated heterocycles. The zero-order valence-electron chi connectivity index (χ0n) is 53.8. The van der Waals surface area contributed by atoms with E-state index in [-0.39, 0.29) is 25.7 Å². The van der Waals surface area contributed by atoms with Crippen LogP contribution in [0, 0.1) is 23.7 Å². The molecule has 83 heavy (non-hydrogen) atoms. The predicted octanol–water partition coefficient (Wildman–Crippen LogP) is 17.4. The van der Waals surface area contributed by atoms with E-state index in [4.69, 9.17) is 37.0 Å². The smallest absolute Gasteiger partial charge is 0.462 e.